The summed E-state index contributed by atoms with van der Waals surface area (Å²) >= 11 is 0. The van der Waals surface area contributed by atoms with Crippen molar-refractivity contribution in [1.29, 1.82) is 0 Å². The van der Waals surface area contributed by atoms with Gasteiger partial charge >= 0.3 is 0 Å². The van der Waals surface area contributed by atoms with E-state index in [0.717, 1.165) is 11.3 Å². The highest BCUT2D eigenvalue weighted by Crippen LogP contribution is 2.29. The summed E-state index contributed by atoms with van der Waals surface area (Å²) in [7, 11) is 0. The van der Waals surface area contributed by atoms with Gasteiger partial charge in [0.1, 0.15) is 5.56 Å². The molecule has 19 heavy (non-hydrogen) atoms. The van der Waals surface area contributed by atoms with E-state index in [1.165, 1.54) is 0 Å². The predicted octanol–water partition coefficient (Wildman–Crippen LogP) is 1.95. The summed E-state index contributed by atoms with van der Waals surface area (Å²) in [5.41, 5.74) is 8.10. The van der Waals surface area contributed by atoms with Crippen molar-refractivity contribution in [1.82, 2.24) is 9.97 Å². The fourth-order valence-corrected chi connectivity index (χ4v) is 1.88. The third kappa shape index (κ3) is 2.70. The predicted molar refractivity (Wildman–Crippen MR) is 71.9 cm³/mol. The molecule has 5 heteroatoms. The molecule has 2 aromatic rings. The second kappa shape index (κ2) is 5.48. The lowest BCUT2D eigenvalue weighted by Crippen LogP contribution is -2.16. The van der Waals surface area contributed by atoms with Crippen LogP contribution in [0.5, 0.6) is 5.88 Å². The molecule has 1 amide bonds. The molecule has 0 aromatic carbocycles. The molecule has 0 fully saturated rings. The lowest BCUT2D eigenvalue weighted by atomic mass is 10.0. The Labute approximate surface area is 111 Å². The number of pyridine rings is 2. The van der Waals surface area contributed by atoms with Crippen LogP contribution < -0.4 is 10.5 Å². The SMILES string of the molecule is CCOc1nc(C)cc(-c2ccncc2)c1C(N)=O. The van der Waals surface area contributed by atoms with Crippen molar-refractivity contribution in [2.45, 2.75) is 13.8 Å². The van der Waals surface area contributed by atoms with Gasteiger partial charge in [-0.25, -0.2) is 4.98 Å². The summed E-state index contributed by atoms with van der Waals surface area (Å²) in [6.45, 7) is 4.10. The van der Waals surface area contributed by atoms with Crippen molar-refractivity contribution in [2.24, 2.45) is 5.73 Å². The van der Waals surface area contributed by atoms with Crippen LogP contribution in [0, 0.1) is 6.92 Å². The molecule has 2 heterocycles. The number of aryl methyl sites for hydroxylation is 1. The first-order valence-corrected chi connectivity index (χ1v) is 5.98. The molecule has 2 aromatic heterocycles. The average molecular weight is 257 g/mol. The molecule has 2 N–H and O–H groups in total. The molecule has 0 radical (unpaired) electrons. The Morgan fingerprint density at radius 2 is 2.05 bits per heavy atom. The maximum atomic E-state index is 11.7. The van der Waals surface area contributed by atoms with E-state index in [1.807, 2.05) is 32.0 Å². The van der Waals surface area contributed by atoms with Crippen LogP contribution in [0.1, 0.15) is 23.0 Å². The van der Waals surface area contributed by atoms with Gasteiger partial charge in [0, 0.05) is 23.7 Å². The van der Waals surface area contributed by atoms with Crippen molar-refractivity contribution in [3.05, 3.63) is 41.9 Å². The number of nitrogens with two attached hydrogens (primary N) is 1. The van der Waals surface area contributed by atoms with E-state index in [0.29, 0.717) is 17.7 Å². The number of hydrogen-bond acceptors (Lipinski definition) is 4. The molecule has 5 nitrogen and oxygen atoms in total. The fraction of sp³-hybridized carbons (Fsp3) is 0.214. The van der Waals surface area contributed by atoms with E-state index in [1.54, 1.807) is 12.4 Å². The van der Waals surface area contributed by atoms with Gasteiger partial charge in [0.05, 0.1) is 6.61 Å². The van der Waals surface area contributed by atoms with Crippen molar-refractivity contribution in [3.63, 3.8) is 0 Å². The minimum absolute atomic E-state index is 0.279. The molecule has 0 spiro atoms. The molecule has 0 bridgehead atoms. The monoisotopic (exact) mass is 257 g/mol. The highest BCUT2D eigenvalue weighted by molar-refractivity contribution is 6.02. The summed E-state index contributed by atoms with van der Waals surface area (Å²) in [5.74, 6) is -0.274. The van der Waals surface area contributed by atoms with Crippen LogP contribution in [-0.2, 0) is 0 Å². The largest absolute Gasteiger partial charge is 0.477 e. The Hall–Kier alpha value is -2.43. The fourth-order valence-electron chi connectivity index (χ4n) is 1.88. The van der Waals surface area contributed by atoms with Crippen molar-refractivity contribution in [3.8, 4) is 17.0 Å². The molecule has 0 atom stereocenters. The van der Waals surface area contributed by atoms with Gasteiger partial charge in [-0.3, -0.25) is 9.78 Å². The van der Waals surface area contributed by atoms with Crippen LogP contribution in [-0.4, -0.2) is 22.5 Å². The first kappa shape index (κ1) is 13.0. The lowest BCUT2D eigenvalue weighted by molar-refractivity contribution is 0.0996. The van der Waals surface area contributed by atoms with E-state index < -0.39 is 5.91 Å². The first-order valence-electron chi connectivity index (χ1n) is 5.98. The van der Waals surface area contributed by atoms with Crippen LogP contribution in [0.2, 0.25) is 0 Å². The van der Waals surface area contributed by atoms with Crippen molar-refractivity contribution < 1.29 is 9.53 Å². The highest BCUT2D eigenvalue weighted by atomic mass is 16.5. The van der Waals surface area contributed by atoms with Gasteiger partial charge in [0.2, 0.25) is 5.88 Å². The van der Waals surface area contributed by atoms with Gasteiger partial charge in [-0.2, -0.15) is 0 Å². The van der Waals surface area contributed by atoms with Gasteiger partial charge in [-0.05, 0) is 37.6 Å². The molecular weight excluding hydrogens is 242 g/mol. The maximum absolute atomic E-state index is 11.7. The third-order valence-corrected chi connectivity index (χ3v) is 2.63. The molecule has 0 saturated heterocycles. The highest BCUT2D eigenvalue weighted by Gasteiger charge is 2.18. The molecule has 0 aliphatic heterocycles. The average Bonchev–Trinajstić information content (AvgIpc) is 2.39. The lowest BCUT2D eigenvalue weighted by Gasteiger charge is -2.13. The quantitative estimate of drug-likeness (QED) is 0.908. The van der Waals surface area contributed by atoms with Crippen molar-refractivity contribution in [2.75, 3.05) is 6.61 Å². The smallest absolute Gasteiger partial charge is 0.254 e. The van der Waals surface area contributed by atoms with E-state index in [-0.39, 0.29) is 5.88 Å². The molecule has 98 valence electrons. The Morgan fingerprint density at radius 3 is 2.63 bits per heavy atom. The molecule has 0 saturated carbocycles. The van der Waals surface area contributed by atoms with Crippen LogP contribution in [0.15, 0.2) is 30.6 Å². The molecule has 2 rings (SSSR count). The van der Waals surface area contributed by atoms with Crippen LogP contribution >= 0.6 is 0 Å². The van der Waals surface area contributed by atoms with Crippen molar-refractivity contribution >= 4 is 5.91 Å². The van der Waals surface area contributed by atoms with E-state index in [9.17, 15) is 4.79 Å². The minimum Gasteiger partial charge on any atom is -0.477 e. The normalized spacial score (nSPS) is 10.2. The van der Waals surface area contributed by atoms with Gasteiger partial charge in [0.15, 0.2) is 0 Å². The Balaban J connectivity index is 2.68. The Kier molecular flexibility index (Phi) is 3.75. The zero-order valence-corrected chi connectivity index (χ0v) is 10.9. The number of nitrogens with zero attached hydrogens (tertiary/aromatic N) is 2. The zero-order valence-electron chi connectivity index (χ0n) is 10.9. The maximum Gasteiger partial charge on any atom is 0.254 e. The number of ether oxygens (including phenoxy) is 1. The number of carbonyl (C=O) groups excluding carboxylic acids is 1. The number of aromatic nitrogens is 2. The molecule has 0 aliphatic carbocycles. The second-order valence-corrected chi connectivity index (χ2v) is 4.02. The van der Waals surface area contributed by atoms with Gasteiger partial charge in [0.25, 0.3) is 5.91 Å². The van der Waals surface area contributed by atoms with E-state index in [2.05, 4.69) is 9.97 Å². The number of hydrogen-bond donors (Lipinski definition) is 1. The summed E-state index contributed by atoms with van der Waals surface area (Å²) in [6.07, 6.45) is 3.33. The summed E-state index contributed by atoms with van der Waals surface area (Å²) in [6, 6.07) is 5.45. The Bertz CT molecular complexity index is 597. The van der Waals surface area contributed by atoms with E-state index >= 15 is 0 Å². The number of amides is 1. The Morgan fingerprint density at radius 1 is 1.37 bits per heavy atom. The van der Waals surface area contributed by atoms with E-state index in [4.69, 9.17) is 10.5 Å². The standard InChI is InChI=1S/C14H15N3O2/c1-3-19-14-12(13(15)18)11(8-9(2)17-14)10-4-6-16-7-5-10/h4-8H,3H2,1-2H3,(H2,15,18). The van der Waals surface area contributed by atoms with Gasteiger partial charge < -0.3 is 10.5 Å². The zero-order chi connectivity index (χ0) is 13.8. The number of carbonyl (C=O) groups is 1. The summed E-state index contributed by atoms with van der Waals surface area (Å²) in [4.78, 5) is 19.9. The van der Waals surface area contributed by atoms with Crippen LogP contribution in [0.3, 0.4) is 0 Å². The van der Waals surface area contributed by atoms with Gasteiger partial charge in [-0.15, -0.1) is 0 Å². The molecule has 0 unspecified atom stereocenters. The molecular formula is C14H15N3O2. The first-order chi connectivity index (χ1) is 9.13. The second-order valence-electron chi connectivity index (χ2n) is 4.02. The minimum atomic E-state index is -0.553. The molecule has 0 aliphatic rings. The topological polar surface area (TPSA) is 78.1 Å². The summed E-state index contributed by atoms with van der Waals surface area (Å²) < 4.78 is 5.41. The number of rotatable bonds is 4. The van der Waals surface area contributed by atoms with Crippen LogP contribution in [0.25, 0.3) is 11.1 Å². The third-order valence-electron chi connectivity index (χ3n) is 2.63. The number of primary amides is 1. The summed E-state index contributed by atoms with van der Waals surface area (Å²) in [5, 5.41) is 0. The van der Waals surface area contributed by atoms with Gasteiger partial charge in [-0.1, -0.05) is 0 Å². The van der Waals surface area contributed by atoms with Crippen LogP contribution in [0.4, 0.5) is 0 Å².